The molecule has 0 aromatic rings. The first-order valence-corrected chi connectivity index (χ1v) is 10.9. The van der Waals surface area contributed by atoms with Crippen LogP contribution >= 0.6 is 0 Å². The molecule has 0 fully saturated rings. The molecule has 0 aliphatic rings. The van der Waals surface area contributed by atoms with Crippen LogP contribution < -0.4 is 0 Å². The Morgan fingerprint density at radius 2 is 0.966 bits per heavy atom. The van der Waals surface area contributed by atoms with E-state index >= 15 is 0 Å². The van der Waals surface area contributed by atoms with Gasteiger partial charge in [0.15, 0.2) is 0 Å². The molecule has 0 aliphatic heterocycles. The normalized spacial score (nSPS) is 13.4. The quantitative estimate of drug-likeness (QED) is 0.203. The van der Waals surface area contributed by atoms with Gasteiger partial charge in [0, 0.05) is 18.3 Å². The molecule has 0 aliphatic carbocycles. The predicted molar refractivity (Wildman–Crippen MR) is 104 cm³/mol. The number of rotatable bonds is 11. The number of ketones is 2. The number of Topliss-reactive ketones (excluding diaryl/α,β-unsaturated/α-hetero) is 2. The standard InChI is InChI=1S/C5H8O2.3C4H9O.Ag.Al.BF4/c1-4(6)3-5(2)7;3*1-3-4(2)5;;;2-1(3,4)5/h3H2,1-2H3;3*4H,3H2,1-2H3;;;/q;3*-1;+1;+3;-1. The number of halogens is 4. The molecule has 0 saturated carbocycles. The van der Waals surface area contributed by atoms with Gasteiger partial charge >= 0.3 is 44.8 Å². The van der Waals surface area contributed by atoms with E-state index in [0.29, 0.717) is 0 Å². The molecule has 0 N–H and O–H groups in total. The SMILES string of the molecule is CC(=O)CC(C)=O.CCC(C)[O][Al]([O]C(C)CC)[O]C(C)CC.F[B-](F)(F)F.[Ag+]. The fourth-order valence-corrected chi connectivity index (χ4v) is 3.21. The van der Waals surface area contributed by atoms with Crippen molar-refractivity contribution in [1.29, 1.82) is 0 Å². The third kappa shape index (κ3) is 39.3. The van der Waals surface area contributed by atoms with E-state index in [4.69, 9.17) is 11.4 Å². The second-order valence-corrected chi connectivity index (χ2v) is 7.82. The average Bonchev–Trinajstić information content (AvgIpc) is 2.51. The zero-order chi connectivity index (χ0) is 22.9. The van der Waals surface area contributed by atoms with Gasteiger partial charge in [0.2, 0.25) is 0 Å². The molecule has 5 nitrogen and oxygen atoms in total. The molecule has 3 unspecified atom stereocenters. The summed E-state index contributed by atoms with van der Waals surface area (Å²) in [6, 6.07) is 0. The van der Waals surface area contributed by atoms with E-state index in [1.807, 2.05) is 0 Å². The minimum atomic E-state index is -6.00. The molecule has 29 heavy (non-hydrogen) atoms. The van der Waals surface area contributed by atoms with Crippen molar-refractivity contribution in [1.82, 2.24) is 0 Å². The Bertz CT molecular complexity index is 373. The Hall–Kier alpha value is 0.278. The Morgan fingerprint density at radius 1 is 0.759 bits per heavy atom. The summed E-state index contributed by atoms with van der Waals surface area (Å²) in [7, 11) is -6.00. The van der Waals surface area contributed by atoms with Crippen molar-refractivity contribution < 1.29 is 60.6 Å². The minimum Gasteiger partial charge on any atom is -0.452 e. The van der Waals surface area contributed by atoms with Crippen molar-refractivity contribution in [3.05, 3.63) is 0 Å². The number of carbonyl (C=O) groups excluding carboxylic acids is 2. The Labute approximate surface area is 193 Å². The van der Waals surface area contributed by atoms with E-state index in [1.54, 1.807) is 0 Å². The smallest absolute Gasteiger partial charge is 0.452 e. The van der Waals surface area contributed by atoms with Crippen LogP contribution in [0, 0.1) is 0 Å². The van der Waals surface area contributed by atoms with Crippen LogP contribution in [0.2, 0.25) is 0 Å². The molecule has 0 spiro atoms. The van der Waals surface area contributed by atoms with Crippen molar-refractivity contribution >= 4 is 34.0 Å². The van der Waals surface area contributed by atoms with Gasteiger partial charge in [0.25, 0.3) is 0 Å². The third-order valence-electron chi connectivity index (χ3n) is 3.25. The fraction of sp³-hybridized carbons (Fsp3) is 0.882. The minimum absolute atomic E-state index is 0. The molecular weight excluding hydrogens is 506 g/mol. The summed E-state index contributed by atoms with van der Waals surface area (Å²) in [5.74, 6) is -0.125. The summed E-state index contributed by atoms with van der Waals surface area (Å²) >= 11 is -1.96. The maximum absolute atomic E-state index is 10.0. The van der Waals surface area contributed by atoms with Crippen LogP contribution in [0.4, 0.5) is 17.3 Å². The maximum Gasteiger partial charge on any atom is 1.00 e. The van der Waals surface area contributed by atoms with Gasteiger partial charge in [-0.3, -0.25) is 9.59 Å². The predicted octanol–water partition coefficient (Wildman–Crippen LogP) is 5.27. The molecule has 0 aromatic heterocycles. The van der Waals surface area contributed by atoms with Gasteiger partial charge in [-0.25, -0.2) is 0 Å². The number of hydrogen-bond acceptors (Lipinski definition) is 5. The van der Waals surface area contributed by atoms with Crippen molar-refractivity contribution in [2.75, 3.05) is 0 Å². The molecule has 0 rings (SSSR count). The first-order valence-electron chi connectivity index (χ1n) is 9.48. The van der Waals surface area contributed by atoms with E-state index in [9.17, 15) is 26.9 Å². The van der Waals surface area contributed by atoms with Gasteiger partial charge in [-0.1, -0.05) is 20.8 Å². The largest absolute Gasteiger partial charge is 1.00 e. The summed E-state index contributed by atoms with van der Waals surface area (Å²) in [6.45, 7) is 15.4. The zero-order valence-electron chi connectivity index (χ0n) is 18.6. The fourth-order valence-electron chi connectivity index (χ4n) is 1.30. The molecular formula is C17H35AgAlBF4O5. The molecule has 0 aromatic carbocycles. The Kier molecular flexibility index (Phi) is 27.2. The van der Waals surface area contributed by atoms with Crippen LogP contribution in [0.15, 0.2) is 0 Å². The van der Waals surface area contributed by atoms with Gasteiger partial charge in [-0.05, 0) is 53.9 Å². The zero-order valence-corrected chi connectivity index (χ0v) is 21.2. The molecule has 0 radical (unpaired) electrons. The number of hydrogen-bond donors (Lipinski definition) is 0. The van der Waals surface area contributed by atoms with Gasteiger partial charge in [-0.15, -0.1) is 0 Å². The topological polar surface area (TPSA) is 61.8 Å². The summed E-state index contributed by atoms with van der Waals surface area (Å²) in [5, 5.41) is 0. The second kappa shape index (κ2) is 21.5. The van der Waals surface area contributed by atoms with Crippen LogP contribution in [-0.4, -0.2) is 52.3 Å². The first kappa shape index (κ1) is 36.6. The van der Waals surface area contributed by atoms with Crippen LogP contribution in [0.3, 0.4) is 0 Å². The molecule has 0 saturated heterocycles. The third-order valence-corrected chi connectivity index (χ3v) is 5.31. The van der Waals surface area contributed by atoms with Crippen LogP contribution in [0.5, 0.6) is 0 Å². The Balaban J connectivity index is -0.000000199. The summed E-state index contributed by atoms with van der Waals surface area (Å²) in [5.41, 5.74) is 0. The summed E-state index contributed by atoms with van der Waals surface area (Å²) in [6.07, 6.45) is 3.76. The van der Waals surface area contributed by atoms with Crippen molar-refractivity contribution in [2.24, 2.45) is 0 Å². The van der Waals surface area contributed by atoms with Crippen molar-refractivity contribution in [2.45, 2.75) is 99.4 Å². The van der Waals surface area contributed by atoms with Crippen molar-refractivity contribution in [3.8, 4) is 0 Å². The van der Waals surface area contributed by atoms with Crippen molar-refractivity contribution in [3.63, 3.8) is 0 Å². The molecule has 0 bridgehead atoms. The molecule has 0 heterocycles. The van der Waals surface area contributed by atoms with E-state index in [-0.39, 0.29) is 58.7 Å². The van der Waals surface area contributed by atoms with E-state index in [1.165, 1.54) is 13.8 Å². The summed E-state index contributed by atoms with van der Waals surface area (Å²) in [4.78, 5) is 20.1. The van der Waals surface area contributed by atoms with Crippen LogP contribution in [0.25, 0.3) is 0 Å². The van der Waals surface area contributed by atoms with Gasteiger partial charge in [0.1, 0.15) is 11.6 Å². The molecule has 12 heteroatoms. The van der Waals surface area contributed by atoms with Crippen LogP contribution in [-0.2, 0) is 43.3 Å². The maximum atomic E-state index is 10.0. The van der Waals surface area contributed by atoms with E-state index < -0.39 is 22.4 Å². The van der Waals surface area contributed by atoms with E-state index in [0.717, 1.165) is 19.3 Å². The molecule has 178 valence electrons. The Morgan fingerprint density at radius 3 is 1.07 bits per heavy atom. The second-order valence-electron chi connectivity index (χ2n) is 6.43. The first-order chi connectivity index (χ1) is 12.7. The molecule has 3 atom stereocenters. The van der Waals surface area contributed by atoms with E-state index in [2.05, 4.69) is 41.5 Å². The monoisotopic (exact) mass is 540 g/mol. The molecule has 0 amide bonds. The van der Waals surface area contributed by atoms with Gasteiger partial charge < -0.3 is 28.6 Å². The average molecular weight is 541 g/mol. The van der Waals surface area contributed by atoms with Gasteiger partial charge in [-0.2, -0.15) is 0 Å². The van der Waals surface area contributed by atoms with Crippen LogP contribution in [0.1, 0.15) is 81.1 Å². The number of carbonyl (C=O) groups is 2. The van der Waals surface area contributed by atoms with Gasteiger partial charge in [0.05, 0.1) is 6.42 Å². The summed E-state index contributed by atoms with van der Waals surface area (Å²) < 4.78 is 56.5.